The van der Waals surface area contributed by atoms with Gasteiger partial charge in [-0.1, -0.05) is 6.07 Å². The van der Waals surface area contributed by atoms with Gasteiger partial charge in [0.2, 0.25) is 5.91 Å². The van der Waals surface area contributed by atoms with Crippen LogP contribution >= 0.6 is 0 Å². The van der Waals surface area contributed by atoms with E-state index < -0.39 is 11.0 Å². The fourth-order valence-corrected chi connectivity index (χ4v) is 6.09. The van der Waals surface area contributed by atoms with Gasteiger partial charge in [0, 0.05) is 31.0 Å². The minimum atomic E-state index is -1.03. The highest BCUT2D eigenvalue weighted by atomic mass is 16.3. The monoisotopic (exact) mass is 443 g/mol. The lowest BCUT2D eigenvalue weighted by Crippen LogP contribution is -2.69. The van der Waals surface area contributed by atoms with Gasteiger partial charge in [-0.25, -0.2) is 4.79 Å². The first-order chi connectivity index (χ1) is 15.1. The summed E-state index contributed by atoms with van der Waals surface area (Å²) in [6.45, 7) is 5.51. The Bertz CT molecular complexity index is 901. The molecule has 1 heterocycles. The Labute approximate surface area is 190 Å². The number of nitrogens with one attached hydrogen (secondary N) is 1. The molecule has 0 radical (unpaired) electrons. The van der Waals surface area contributed by atoms with Crippen LogP contribution in [0.3, 0.4) is 0 Å². The molecule has 1 aromatic rings. The fourth-order valence-electron chi connectivity index (χ4n) is 6.09. The van der Waals surface area contributed by atoms with E-state index in [9.17, 15) is 19.8 Å². The number of hydrogen-bond donors (Lipinski definition) is 3. The second kappa shape index (κ2) is 8.34. The van der Waals surface area contributed by atoms with Gasteiger partial charge in [0.25, 0.3) is 0 Å². The van der Waals surface area contributed by atoms with E-state index >= 15 is 0 Å². The van der Waals surface area contributed by atoms with Crippen molar-refractivity contribution < 1.29 is 19.8 Å². The Kier molecular flexibility index (Phi) is 6.01. The summed E-state index contributed by atoms with van der Waals surface area (Å²) in [6, 6.07) is 4.86. The summed E-state index contributed by atoms with van der Waals surface area (Å²) in [6.07, 6.45) is 4.43. The van der Waals surface area contributed by atoms with E-state index in [0.717, 1.165) is 30.5 Å². The van der Waals surface area contributed by atoms with E-state index in [4.69, 9.17) is 0 Å². The number of carbonyl (C=O) groups excluding carboxylic acids is 2. The van der Waals surface area contributed by atoms with Crippen molar-refractivity contribution in [3.63, 3.8) is 0 Å². The van der Waals surface area contributed by atoms with E-state index in [1.54, 1.807) is 24.1 Å². The van der Waals surface area contributed by atoms with Crippen LogP contribution in [0.15, 0.2) is 18.2 Å². The van der Waals surface area contributed by atoms with Crippen molar-refractivity contribution >= 4 is 11.9 Å². The number of amides is 3. The van der Waals surface area contributed by atoms with Crippen molar-refractivity contribution in [3.8, 4) is 5.75 Å². The molecule has 3 amide bonds. The maximum Gasteiger partial charge on any atom is 0.323 e. The van der Waals surface area contributed by atoms with Crippen molar-refractivity contribution in [1.82, 2.24) is 15.1 Å². The summed E-state index contributed by atoms with van der Waals surface area (Å²) >= 11 is 0. The Balaban J connectivity index is 1.62. The molecule has 2 saturated carbocycles. The average Bonchev–Trinajstić information content (AvgIpc) is 3.57. The summed E-state index contributed by atoms with van der Waals surface area (Å²) in [5.74, 6) is 0.0926. The largest absolute Gasteiger partial charge is 0.508 e. The Morgan fingerprint density at radius 3 is 2.66 bits per heavy atom. The maximum absolute atomic E-state index is 13.2. The Morgan fingerprint density at radius 2 is 1.97 bits per heavy atom. The van der Waals surface area contributed by atoms with Crippen LogP contribution in [0.25, 0.3) is 0 Å². The number of rotatable bonds is 4. The van der Waals surface area contributed by atoms with E-state index in [1.165, 1.54) is 0 Å². The number of aliphatic hydroxyl groups is 1. The number of piperidine rings is 1. The molecule has 7 heteroatoms. The molecule has 4 atom stereocenters. The zero-order valence-electron chi connectivity index (χ0n) is 19.7. The predicted molar refractivity (Wildman–Crippen MR) is 122 cm³/mol. The third kappa shape index (κ3) is 3.90. The Hall–Kier alpha value is -2.12. The van der Waals surface area contributed by atoms with Crippen LogP contribution in [0.2, 0.25) is 0 Å². The molecule has 1 aliphatic heterocycles. The van der Waals surface area contributed by atoms with Crippen LogP contribution in [-0.4, -0.2) is 70.8 Å². The van der Waals surface area contributed by atoms with Crippen molar-refractivity contribution in [2.75, 3.05) is 27.2 Å². The number of aryl methyl sites for hydroxylation is 1. The van der Waals surface area contributed by atoms with Gasteiger partial charge < -0.3 is 20.0 Å². The first kappa shape index (κ1) is 23.1. The number of urea groups is 1. The second-order valence-electron chi connectivity index (χ2n) is 10.5. The SMILES string of the molecule is Cc1ccc(O)cc1C12CCN(C)C(C)C1(O)CCC(C(=O)NC(=O)N(C)CC1CC1)C2. The molecule has 7 nitrogen and oxygen atoms in total. The highest BCUT2D eigenvalue weighted by Crippen LogP contribution is 2.56. The van der Waals surface area contributed by atoms with Gasteiger partial charge in [-0.15, -0.1) is 0 Å². The zero-order valence-corrected chi connectivity index (χ0v) is 19.7. The summed E-state index contributed by atoms with van der Waals surface area (Å²) in [5, 5.41) is 25.0. The maximum atomic E-state index is 13.2. The van der Waals surface area contributed by atoms with Gasteiger partial charge in [0.05, 0.1) is 5.60 Å². The van der Waals surface area contributed by atoms with E-state index in [-0.39, 0.29) is 29.6 Å². The lowest BCUT2D eigenvalue weighted by Gasteiger charge is -2.61. The normalized spacial score (nSPS) is 32.8. The fraction of sp³-hybridized carbons (Fsp3) is 0.680. The molecule has 2 aliphatic carbocycles. The quantitative estimate of drug-likeness (QED) is 0.665. The molecule has 0 aromatic heterocycles. The summed E-state index contributed by atoms with van der Waals surface area (Å²) in [4.78, 5) is 29.5. The molecular formula is C25H37N3O4. The molecule has 1 saturated heterocycles. The molecule has 0 spiro atoms. The van der Waals surface area contributed by atoms with E-state index in [1.807, 2.05) is 27.0 Å². The lowest BCUT2D eigenvalue weighted by atomic mass is 9.51. The van der Waals surface area contributed by atoms with Crippen LogP contribution in [0, 0.1) is 18.8 Å². The number of phenols is 1. The van der Waals surface area contributed by atoms with Gasteiger partial charge in [0.1, 0.15) is 5.75 Å². The number of fused-ring (bicyclic) bond motifs is 1. The number of phenolic OH excluding ortho intramolecular Hbond substituents is 1. The van der Waals surface area contributed by atoms with Gasteiger partial charge in [-0.3, -0.25) is 10.1 Å². The number of imide groups is 1. The van der Waals surface area contributed by atoms with Gasteiger partial charge in [-0.2, -0.15) is 0 Å². The number of likely N-dealkylation sites (tertiary alicyclic amines) is 1. The van der Waals surface area contributed by atoms with Gasteiger partial charge >= 0.3 is 6.03 Å². The van der Waals surface area contributed by atoms with Crippen LogP contribution < -0.4 is 5.32 Å². The van der Waals surface area contributed by atoms with Crippen molar-refractivity contribution in [3.05, 3.63) is 29.3 Å². The van der Waals surface area contributed by atoms with Crippen molar-refractivity contribution in [1.29, 1.82) is 0 Å². The lowest BCUT2D eigenvalue weighted by molar-refractivity contribution is -0.163. The minimum Gasteiger partial charge on any atom is -0.508 e. The van der Waals surface area contributed by atoms with Gasteiger partial charge in [-0.05, 0) is 95.1 Å². The molecule has 3 aliphatic rings. The molecule has 3 fully saturated rings. The smallest absolute Gasteiger partial charge is 0.323 e. The number of hydrogen-bond acceptors (Lipinski definition) is 5. The summed E-state index contributed by atoms with van der Waals surface area (Å²) in [5.41, 5.74) is 0.224. The molecular weight excluding hydrogens is 406 g/mol. The third-order valence-corrected chi connectivity index (χ3v) is 8.45. The first-order valence-corrected chi connectivity index (χ1v) is 11.9. The first-order valence-electron chi connectivity index (χ1n) is 11.9. The Morgan fingerprint density at radius 1 is 1.25 bits per heavy atom. The topological polar surface area (TPSA) is 93.1 Å². The van der Waals surface area contributed by atoms with Gasteiger partial charge in [0.15, 0.2) is 0 Å². The molecule has 32 heavy (non-hydrogen) atoms. The molecule has 4 rings (SSSR count). The molecule has 0 bridgehead atoms. The predicted octanol–water partition coefficient (Wildman–Crippen LogP) is 2.77. The van der Waals surface area contributed by atoms with Crippen molar-refractivity contribution in [2.24, 2.45) is 11.8 Å². The summed E-state index contributed by atoms with van der Waals surface area (Å²) < 4.78 is 0. The molecule has 4 unspecified atom stereocenters. The number of aromatic hydroxyl groups is 1. The number of carbonyl (C=O) groups is 2. The standard InChI is InChI=1S/C25H37N3O4/c1-16-5-8-20(29)13-21(16)24-11-12-27(3)17(2)25(24,32)10-9-19(14-24)22(30)26-23(31)28(4)15-18-6-7-18/h5,8,13,17-19,29,32H,6-7,9-12,14-15H2,1-4H3,(H,26,30,31). The van der Waals surface area contributed by atoms with Crippen LogP contribution in [0.5, 0.6) is 5.75 Å². The average molecular weight is 444 g/mol. The van der Waals surface area contributed by atoms with Crippen molar-refractivity contribution in [2.45, 2.75) is 69.4 Å². The molecule has 176 valence electrons. The third-order valence-electron chi connectivity index (χ3n) is 8.45. The number of benzene rings is 1. The zero-order chi connectivity index (χ0) is 23.3. The molecule has 3 N–H and O–H groups in total. The number of nitrogens with zero attached hydrogens (tertiary/aromatic N) is 2. The molecule has 1 aromatic carbocycles. The van der Waals surface area contributed by atoms with E-state index in [2.05, 4.69) is 10.2 Å². The minimum absolute atomic E-state index is 0.0895. The van der Waals surface area contributed by atoms with Crippen LogP contribution in [0.1, 0.15) is 56.6 Å². The van der Waals surface area contributed by atoms with Crippen LogP contribution in [0.4, 0.5) is 4.79 Å². The highest BCUT2D eigenvalue weighted by Gasteiger charge is 2.61. The number of likely N-dealkylation sites (N-methyl/N-ethyl adjacent to an activating group) is 1. The van der Waals surface area contributed by atoms with E-state index in [0.29, 0.717) is 38.1 Å². The van der Waals surface area contributed by atoms with Crippen LogP contribution in [-0.2, 0) is 10.2 Å². The second-order valence-corrected chi connectivity index (χ2v) is 10.5. The summed E-state index contributed by atoms with van der Waals surface area (Å²) in [7, 11) is 3.76. The highest BCUT2D eigenvalue weighted by molar-refractivity contribution is 5.95.